The van der Waals surface area contributed by atoms with Gasteiger partial charge < -0.3 is 19.3 Å². The van der Waals surface area contributed by atoms with Gasteiger partial charge in [-0.15, -0.1) is 0 Å². The number of benzene rings is 2. The Hall–Kier alpha value is -3.21. The molecule has 0 amide bonds. The van der Waals surface area contributed by atoms with Gasteiger partial charge in [-0.3, -0.25) is 0 Å². The maximum Gasteiger partial charge on any atom is 0.231 e. The van der Waals surface area contributed by atoms with E-state index in [-0.39, 0.29) is 12.5 Å². The first-order chi connectivity index (χ1) is 11.8. The molecule has 0 spiro atoms. The van der Waals surface area contributed by atoms with Crippen molar-refractivity contribution in [3.05, 3.63) is 48.8 Å². The molecule has 0 aliphatic carbocycles. The van der Waals surface area contributed by atoms with Gasteiger partial charge in [0.15, 0.2) is 35.4 Å². The van der Waals surface area contributed by atoms with Gasteiger partial charge in [-0.05, 0) is 35.0 Å². The van der Waals surface area contributed by atoms with E-state index >= 15 is 0 Å². The van der Waals surface area contributed by atoms with Crippen LogP contribution in [0.15, 0.2) is 48.8 Å². The molecule has 5 rings (SSSR count). The predicted molar refractivity (Wildman–Crippen MR) is 89.0 cm³/mol. The summed E-state index contributed by atoms with van der Waals surface area (Å²) in [6, 6.07) is 11.7. The van der Waals surface area contributed by atoms with Gasteiger partial charge in [0.25, 0.3) is 0 Å². The number of pyridine rings is 2. The maximum atomic E-state index is 10.4. The molecule has 0 saturated carbocycles. The smallest absolute Gasteiger partial charge is 0.231 e. The first-order valence-corrected chi connectivity index (χ1v) is 7.62. The number of phenolic OH excluding ortho intramolecular Hbond substituents is 1. The van der Waals surface area contributed by atoms with Gasteiger partial charge in [-0.2, -0.15) is 4.40 Å². The lowest BCUT2D eigenvalue weighted by atomic mass is 10.1. The predicted octanol–water partition coefficient (Wildman–Crippen LogP) is 3.17. The summed E-state index contributed by atoms with van der Waals surface area (Å²) < 4.78 is 18.4. The summed E-state index contributed by atoms with van der Waals surface area (Å²) >= 11 is 0. The van der Waals surface area contributed by atoms with Crippen LogP contribution in [0.25, 0.3) is 27.1 Å². The molecule has 118 valence electrons. The second-order valence-corrected chi connectivity index (χ2v) is 5.76. The first-order valence-electron chi connectivity index (χ1n) is 7.62. The van der Waals surface area contributed by atoms with E-state index in [0.29, 0.717) is 5.75 Å². The van der Waals surface area contributed by atoms with E-state index in [1.165, 1.54) is 0 Å². The highest BCUT2D eigenvalue weighted by atomic mass is 16.7. The molecule has 0 saturated heterocycles. The highest BCUT2D eigenvalue weighted by Gasteiger charge is 2.22. The van der Waals surface area contributed by atoms with Crippen LogP contribution < -0.4 is 18.6 Å². The Kier molecular flexibility index (Phi) is 2.56. The number of methoxy groups -OCH3 is 1. The van der Waals surface area contributed by atoms with Gasteiger partial charge in [0.2, 0.25) is 12.3 Å². The second kappa shape index (κ2) is 4.64. The molecule has 0 fully saturated rings. The Morgan fingerprint density at radius 2 is 1.96 bits per heavy atom. The summed E-state index contributed by atoms with van der Waals surface area (Å²) in [5.41, 5.74) is 0.993. The highest BCUT2D eigenvalue weighted by molar-refractivity contribution is 6.03. The highest BCUT2D eigenvalue weighted by Crippen LogP contribution is 2.41. The lowest BCUT2D eigenvalue weighted by Gasteiger charge is -2.07. The molecule has 0 bridgehead atoms. The molecule has 1 aliphatic rings. The lowest BCUT2D eigenvalue weighted by molar-refractivity contribution is -0.509. The molecule has 5 nitrogen and oxygen atoms in total. The van der Waals surface area contributed by atoms with Crippen molar-refractivity contribution in [2.75, 3.05) is 13.9 Å². The molecule has 4 aromatic rings. The summed E-state index contributed by atoms with van der Waals surface area (Å²) in [7, 11) is 1.54. The molecule has 24 heavy (non-hydrogen) atoms. The Balaban J connectivity index is 1.95. The van der Waals surface area contributed by atoms with Gasteiger partial charge in [0.05, 0.1) is 12.5 Å². The molecule has 1 aliphatic heterocycles. The van der Waals surface area contributed by atoms with Gasteiger partial charge in [-0.25, -0.2) is 0 Å². The van der Waals surface area contributed by atoms with Crippen molar-refractivity contribution in [1.29, 1.82) is 0 Å². The molecule has 0 radical (unpaired) electrons. The van der Waals surface area contributed by atoms with Crippen LogP contribution >= 0.6 is 0 Å². The summed E-state index contributed by atoms with van der Waals surface area (Å²) in [5, 5.41) is 14.1. The van der Waals surface area contributed by atoms with E-state index in [1.54, 1.807) is 13.2 Å². The van der Waals surface area contributed by atoms with Crippen LogP contribution in [-0.2, 0) is 0 Å². The molecule has 2 aromatic heterocycles. The van der Waals surface area contributed by atoms with E-state index in [0.717, 1.165) is 38.6 Å². The zero-order valence-electron chi connectivity index (χ0n) is 12.9. The summed E-state index contributed by atoms with van der Waals surface area (Å²) in [4.78, 5) is 0. The Morgan fingerprint density at radius 3 is 2.83 bits per heavy atom. The van der Waals surface area contributed by atoms with Crippen LogP contribution in [0.2, 0.25) is 0 Å². The minimum Gasteiger partial charge on any atom is -0.504 e. The molecular weight excluding hydrogens is 306 g/mol. The topological polar surface area (TPSA) is 52.0 Å². The zero-order valence-corrected chi connectivity index (χ0v) is 12.9. The number of rotatable bonds is 1. The molecular formula is C19H14NO4+. The molecule has 3 heterocycles. The maximum absolute atomic E-state index is 10.4. The summed E-state index contributed by atoms with van der Waals surface area (Å²) in [5.74, 6) is 2.12. The minimum absolute atomic E-state index is 0.141. The van der Waals surface area contributed by atoms with Gasteiger partial charge >= 0.3 is 0 Å². The van der Waals surface area contributed by atoms with E-state index in [9.17, 15) is 5.11 Å². The number of hydrogen-bond acceptors (Lipinski definition) is 4. The Labute approximate surface area is 137 Å². The van der Waals surface area contributed by atoms with Crippen LogP contribution in [-0.4, -0.2) is 19.0 Å². The van der Waals surface area contributed by atoms with Crippen LogP contribution in [0.3, 0.4) is 0 Å². The number of fused-ring (bicyclic) bond motifs is 6. The van der Waals surface area contributed by atoms with Crippen LogP contribution in [0.5, 0.6) is 23.0 Å². The molecule has 5 heteroatoms. The van der Waals surface area contributed by atoms with Crippen molar-refractivity contribution in [3.8, 4) is 23.0 Å². The number of hydrogen-bond donors (Lipinski definition) is 1. The van der Waals surface area contributed by atoms with Crippen LogP contribution in [0.1, 0.15) is 0 Å². The third kappa shape index (κ3) is 1.66. The van der Waals surface area contributed by atoms with Crippen molar-refractivity contribution < 1.29 is 23.7 Å². The second-order valence-electron chi connectivity index (χ2n) is 5.76. The largest absolute Gasteiger partial charge is 0.504 e. The number of ether oxygens (including phenoxy) is 3. The average Bonchev–Trinajstić information content (AvgIpc) is 3.09. The van der Waals surface area contributed by atoms with Crippen LogP contribution in [0.4, 0.5) is 0 Å². The molecule has 0 atom stereocenters. The standard InChI is InChI=1S/C19H13NO4/c1-22-15-4-3-12-8-14-17-11(2-5-16-19(17)24-10-23-16)6-7-20(14)9-13(12)18(15)21/h2-9H,10H2,1H3/p+1. The normalized spacial score (nSPS) is 13.0. The quantitative estimate of drug-likeness (QED) is 0.332. The number of phenols is 1. The minimum atomic E-state index is 0.141. The van der Waals surface area contributed by atoms with Crippen molar-refractivity contribution in [3.63, 3.8) is 0 Å². The summed E-state index contributed by atoms with van der Waals surface area (Å²) in [6.07, 6.45) is 3.87. The molecule has 2 aromatic carbocycles. The zero-order chi connectivity index (χ0) is 16.3. The average molecular weight is 320 g/mol. The molecule has 1 N–H and O–H groups in total. The van der Waals surface area contributed by atoms with E-state index < -0.39 is 0 Å². The molecule has 0 unspecified atom stereocenters. The monoisotopic (exact) mass is 320 g/mol. The number of aromatic nitrogens is 1. The fraction of sp³-hybridized carbons (Fsp3) is 0.105. The van der Waals surface area contributed by atoms with Gasteiger partial charge in [0, 0.05) is 12.1 Å². The Morgan fingerprint density at radius 1 is 1.08 bits per heavy atom. The fourth-order valence-corrected chi connectivity index (χ4v) is 3.34. The third-order valence-electron chi connectivity index (χ3n) is 4.51. The van der Waals surface area contributed by atoms with Gasteiger partial charge in [0.1, 0.15) is 5.39 Å². The van der Waals surface area contributed by atoms with E-state index in [2.05, 4.69) is 0 Å². The van der Waals surface area contributed by atoms with Gasteiger partial charge in [-0.1, -0.05) is 0 Å². The van der Waals surface area contributed by atoms with Crippen molar-refractivity contribution >= 4 is 27.1 Å². The SMILES string of the molecule is COc1ccc2cc3c4c5c(ccc4cc[n+]3cc2c1O)OCO5. The van der Waals surface area contributed by atoms with E-state index in [1.807, 2.05) is 47.1 Å². The number of nitrogens with zero attached hydrogens (tertiary/aromatic N) is 1. The van der Waals surface area contributed by atoms with Crippen molar-refractivity contribution in [2.45, 2.75) is 0 Å². The Bertz CT molecular complexity index is 1140. The van der Waals surface area contributed by atoms with Crippen LogP contribution in [0, 0.1) is 0 Å². The lowest BCUT2D eigenvalue weighted by Crippen LogP contribution is -2.20. The first kappa shape index (κ1) is 13.2. The van der Waals surface area contributed by atoms with Crippen molar-refractivity contribution in [2.24, 2.45) is 0 Å². The fourth-order valence-electron chi connectivity index (χ4n) is 3.34. The van der Waals surface area contributed by atoms with E-state index in [4.69, 9.17) is 14.2 Å². The third-order valence-corrected chi connectivity index (χ3v) is 4.51. The summed E-state index contributed by atoms with van der Waals surface area (Å²) in [6.45, 7) is 0.237. The van der Waals surface area contributed by atoms with Crippen molar-refractivity contribution in [1.82, 2.24) is 0 Å². The number of aromatic hydroxyl groups is 1.